The van der Waals surface area contributed by atoms with Crippen molar-refractivity contribution in [2.24, 2.45) is 7.05 Å². The fraction of sp³-hybridized carbons (Fsp3) is 0.545. The van der Waals surface area contributed by atoms with Crippen molar-refractivity contribution in [2.75, 3.05) is 13.1 Å². The molecule has 0 aliphatic carbocycles. The Labute approximate surface area is 101 Å². The molecular weight excluding hydrogens is 218 g/mol. The van der Waals surface area contributed by atoms with Crippen LogP contribution in [0.3, 0.4) is 0 Å². The summed E-state index contributed by atoms with van der Waals surface area (Å²) < 4.78 is 1.75. The van der Waals surface area contributed by atoms with Gasteiger partial charge in [-0.15, -0.1) is 0 Å². The molecule has 0 aliphatic rings. The number of hydrogen-bond acceptors (Lipinski definition) is 4. The molecule has 0 aliphatic heterocycles. The van der Waals surface area contributed by atoms with Crippen LogP contribution in [0.1, 0.15) is 17.7 Å². The predicted molar refractivity (Wildman–Crippen MR) is 62.9 cm³/mol. The molecule has 0 unspecified atom stereocenters. The normalized spacial score (nSPS) is 9.94. The first-order valence-corrected chi connectivity index (χ1v) is 5.47. The van der Waals surface area contributed by atoms with Crippen molar-refractivity contribution >= 4 is 5.91 Å². The molecule has 1 aromatic rings. The van der Waals surface area contributed by atoms with E-state index in [2.05, 4.69) is 15.7 Å². The summed E-state index contributed by atoms with van der Waals surface area (Å²) in [6, 6.07) is 1.97. The van der Waals surface area contributed by atoms with Crippen LogP contribution in [0.15, 0.2) is 6.20 Å². The van der Waals surface area contributed by atoms with Gasteiger partial charge in [0.05, 0.1) is 24.7 Å². The number of carbonyl (C=O) groups excluding carboxylic acids is 1. The zero-order valence-electron chi connectivity index (χ0n) is 10.2. The second-order valence-corrected chi connectivity index (χ2v) is 3.78. The third kappa shape index (κ3) is 4.66. The summed E-state index contributed by atoms with van der Waals surface area (Å²) in [6.45, 7) is 3.21. The highest BCUT2D eigenvalue weighted by atomic mass is 16.1. The van der Waals surface area contributed by atoms with Crippen LogP contribution in [0.2, 0.25) is 0 Å². The van der Waals surface area contributed by atoms with Gasteiger partial charge in [-0.25, -0.2) is 0 Å². The Morgan fingerprint density at radius 1 is 1.65 bits per heavy atom. The minimum Gasteiger partial charge on any atom is -0.354 e. The zero-order valence-corrected chi connectivity index (χ0v) is 10.2. The Morgan fingerprint density at radius 3 is 3.00 bits per heavy atom. The van der Waals surface area contributed by atoms with Gasteiger partial charge in [-0.2, -0.15) is 10.4 Å². The van der Waals surface area contributed by atoms with Crippen LogP contribution in [0.25, 0.3) is 0 Å². The first-order chi connectivity index (χ1) is 8.13. The SMILES string of the molecule is Cc1nn(C)cc1CNCC(=O)NCCC#N. The molecule has 1 heterocycles. The first kappa shape index (κ1) is 13.2. The van der Waals surface area contributed by atoms with Gasteiger partial charge in [0.25, 0.3) is 0 Å². The maximum Gasteiger partial charge on any atom is 0.234 e. The molecule has 0 saturated heterocycles. The lowest BCUT2D eigenvalue weighted by molar-refractivity contribution is -0.120. The van der Waals surface area contributed by atoms with Gasteiger partial charge in [0.1, 0.15) is 0 Å². The van der Waals surface area contributed by atoms with Gasteiger partial charge in [0.15, 0.2) is 0 Å². The lowest BCUT2D eigenvalue weighted by Crippen LogP contribution is -2.34. The van der Waals surface area contributed by atoms with E-state index in [1.54, 1.807) is 4.68 Å². The molecule has 6 heteroatoms. The number of carbonyl (C=O) groups is 1. The van der Waals surface area contributed by atoms with Crippen molar-refractivity contribution in [3.05, 3.63) is 17.5 Å². The number of nitriles is 1. The second kappa shape index (κ2) is 6.66. The van der Waals surface area contributed by atoms with Gasteiger partial charge < -0.3 is 10.6 Å². The van der Waals surface area contributed by atoms with E-state index in [0.29, 0.717) is 19.5 Å². The van der Waals surface area contributed by atoms with E-state index in [-0.39, 0.29) is 12.5 Å². The van der Waals surface area contributed by atoms with Gasteiger partial charge in [-0.1, -0.05) is 0 Å². The molecule has 0 aromatic carbocycles. The Bertz CT molecular complexity index is 418. The lowest BCUT2D eigenvalue weighted by Gasteiger charge is -2.04. The molecule has 92 valence electrons. The highest BCUT2D eigenvalue weighted by Gasteiger charge is 2.04. The number of hydrogen-bond donors (Lipinski definition) is 2. The smallest absolute Gasteiger partial charge is 0.234 e. The number of nitrogens with one attached hydrogen (secondary N) is 2. The van der Waals surface area contributed by atoms with Crippen molar-refractivity contribution in [3.63, 3.8) is 0 Å². The molecule has 2 N–H and O–H groups in total. The fourth-order valence-corrected chi connectivity index (χ4v) is 1.45. The van der Waals surface area contributed by atoms with Crippen LogP contribution in [0.4, 0.5) is 0 Å². The average molecular weight is 235 g/mol. The standard InChI is InChI=1S/C11H17N5O/c1-9-10(8-16(2)15-9)6-13-7-11(17)14-5-3-4-12/h8,13H,3,5-7H2,1-2H3,(H,14,17). The van der Waals surface area contributed by atoms with Crippen molar-refractivity contribution in [3.8, 4) is 6.07 Å². The van der Waals surface area contributed by atoms with Crippen molar-refractivity contribution in [2.45, 2.75) is 19.9 Å². The quantitative estimate of drug-likeness (QED) is 0.672. The Hall–Kier alpha value is -1.87. The monoisotopic (exact) mass is 235 g/mol. The summed E-state index contributed by atoms with van der Waals surface area (Å²) >= 11 is 0. The third-order valence-corrected chi connectivity index (χ3v) is 2.28. The van der Waals surface area contributed by atoms with Gasteiger partial charge in [0, 0.05) is 31.9 Å². The molecule has 0 radical (unpaired) electrons. The van der Waals surface area contributed by atoms with Crippen molar-refractivity contribution < 1.29 is 4.79 Å². The average Bonchev–Trinajstić information content (AvgIpc) is 2.58. The Balaban J connectivity index is 2.22. The number of nitrogens with zero attached hydrogens (tertiary/aromatic N) is 3. The van der Waals surface area contributed by atoms with Crippen LogP contribution >= 0.6 is 0 Å². The van der Waals surface area contributed by atoms with Gasteiger partial charge in [-0.05, 0) is 6.92 Å². The Morgan fingerprint density at radius 2 is 2.41 bits per heavy atom. The van der Waals surface area contributed by atoms with Crippen LogP contribution < -0.4 is 10.6 Å². The summed E-state index contributed by atoms with van der Waals surface area (Å²) in [7, 11) is 1.87. The van der Waals surface area contributed by atoms with E-state index in [1.165, 1.54) is 0 Å². The molecule has 1 rings (SSSR count). The molecule has 6 nitrogen and oxygen atoms in total. The molecule has 0 atom stereocenters. The van der Waals surface area contributed by atoms with Gasteiger partial charge in [0.2, 0.25) is 5.91 Å². The van der Waals surface area contributed by atoms with Crippen molar-refractivity contribution in [1.82, 2.24) is 20.4 Å². The topological polar surface area (TPSA) is 82.7 Å². The molecule has 0 fully saturated rings. The molecule has 17 heavy (non-hydrogen) atoms. The van der Waals surface area contributed by atoms with Crippen LogP contribution in [0.5, 0.6) is 0 Å². The van der Waals surface area contributed by atoms with Crippen LogP contribution in [-0.2, 0) is 18.4 Å². The number of aromatic nitrogens is 2. The third-order valence-electron chi connectivity index (χ3n) is 2.28. The number of amides is 1. The lowest BCUT2D eigenvalue weighted by atomic mass is 10.2. The van der Waals surface area contributed by atoms with E-state index in [1.807, 2.05) is 26.2 Å². The molecular formula is C11H17N5O. The molecule has 0 bridgehead atoms. The highest BCUT2D eigenvalue weighted by molar-refractivity contribution is 5.77. The molecule has 1 amide bonds. The number of rotatable bonds is 6. The van der Waals surface area contributed by atoms with E-state index in [4.69, 9.17) is 5.26 Å². The van der Waals surface area contributed by atoms with E-state index in [0.717, 1.165) is 11.3 Å². The van der Waals surface area contributed by atoms with Gasteiger partial charge in [-0.3, -0.25) is 9.48 Å². The maximum absolute atomic E-state index is 11.3. The minimum absolute atomic E-state index is 0.0956. The largest absolute Gasteiger partial charge is 0.354 e. The zero-order chi connectivity index (χ0) is 12.7. The summed E-state index contributed by atoms with van der Waals surface area (Å²) in [5.74, 6) is -0.0956. The summed E-state index contributed by atoms with van der Waals surface area (Å²) in [5.41, 5.74) is 2.04. The maximum atomic E-state index is 11.3. The second-order valence-electron chi connectivity index (χ2n) is 3.78. The minimum atomic E-state index is -0.0956. The fourth-order valence-electron chi connectivity index (χ4n) is 1.45. The molecule has 1 aromatic heterocycles. The predicted octanol–water partition coefficient (Wildman–Crippen LogP) is -0.152. The molecule has 0 spiro atoms. The Kier molecular flexibility index (Phi) is 5.17. The van der Waals surface area contributed by atoms with E-state index >= 15 is 0 Å². The van der Waals surface area contributed by atoms with Crippen LogP contribution in [-0.4, -0.2) is 28.8 Å². The summed E-state index contributed by atoms with van der Waals surface area (Å²) in [5, 5.41) is 18.2. The molecule has 0 saturated carbocycles. The van der Waals surface area contributed by atoms with E-state index in [9.17, 15) is 4.79 Å². The number of aryl methyl sites for hydroxylation is 2. The summed E-state index contributed by atoms with van der Waals surface area (Å²) in [4.78, 5) is 11.3. The van der Waals surface area contributed by atoms with Crippen LogP contribution in [0, 0.1) is 18.3 Å². The summed E-state index contributed by atoms with van der Waals surface area (Å²) in [6.07, 6.45) is 2.27. The van der Waals surface area contributed by atoms with E-state index < -0.39 is 0 Å². The van der Waals surface area contributed by atoms with Crippen molar-refractivity contribution in [1.29, 1.82) is 5.26 Å². The van der Waals surface area contributed by atoms with Gasteiger partial charge >= 0.3 is 0 Å². The highest BCUT2D eigenvalue weighted by Crippen LogP contribution is 2.03. The first-order valence-electron chi connectivity index (χ1n) is 5.47.